The van der Waals surface area contributed by atoms with Crippen molar-refractivity contribution in [3.05, 3.63) is 72.4 Å². The molecule has 0 saturated carbocycles. The van der Waals surface area contributed by atoms with Crippen LogP contribution in [0.3, 0.4) is 0 Å². The van der Waals surface area contributed by atoms with Crippen LogP contribution >= 0.6 is 0 Å². The first-order chi connectivity index (χ1) is 15.1. The van der Waals surface area contributed by atoms with Crippen LogP contribution in [-0.2, 0) is 0 Å². The van der Waals surface area contributed by atoms with E-state index in [2.05, 4.69) is 10.3 Å². The van der Waals surface area contributed by atoms with Crippen LogP contribution in [0.4, 0.5) is 22.0 Å². The van der Waals surface area contributed by atoms with E-state index in [1.54, 1.807) is 40.1 Å². The van der Waals surface area contributed by atoms with Gasteiger partial charge in [-0.3, -0.25) is 14.6 Å². The summed E-state index contributed by atoms with van der Waals surface area (Å²) in [5.74, 6) is 1.26. The zero-order valence-electron chi connectivity index (χ0n) is 17.2. The maximum absolute atomic E-state index is 12.8. The standard InChI is InChI=1S/C23H22N4O4/c1-30-19-12-16(13-20(14-19)31-2)22(28)25-17-8-9-21(24-15-17)27-11-10-26(23(27)29)18-6-4-3-5-7-18/h3-9,12-15H,10-11H2,1-2H3,(H,25,28). The Labute approximate surface area is 180 Å². The third kappa shape index (κ3) is 4.28. The van der Waals surface area contributed by atoms with Gasteiger partial charge < -0.3 is 14.8 Å². The molecule has 0 atom stereocenters. The van der Waals surface area contributed by atoms with E-state index in [1.807, 2.05) is 30.3 Å². The van der Waals surface area contributed by atoms with E-state index in [4.69, 9.17) is 9.47 Å². The second-order valence-corrected chi connectivity index (χ2v) is 6.88. The molecular weight excluding hydrogens is 396 g/mol. The van der Waals surface area contributed by atoms with Gasteiger partial charge >= 0.3 is 6.03 Å². The fourth-order valence-electron chi connectivity index (χ4n) is 3.36. The number of para-hydroxylation sites is 1. The first-order valence-electron chi connectivity index (χ1n) is 9.73. The number of carbonyl (C=O) groups is 2. The fourth-order valence-corrected chi connectivity index (χ4v) is 3.36. The molecule has 0 unspecified atom stereocenters. The molecule has 158 valence electrons. The van der Waals surface area contributed by atoms with E-state index in [0.717, 1.165) is 5.69 Å². The van der Waals surface area contributed by atoms with E-state index in [0.29, 0.717) is 41.7 Å². The summed E-state index contributed by atoms with van der Waals surface area (Å²) in [4.78, 5) is 33.1. The predicted molar refractivity (Wildman–Crippen MR) is 118 cm³/mol. The van der Waals surface area contributed by atoms with Gasteiger partial charge in [0.2, 0.25) is 0 Å². The highest BCUT2D eigenvalue weighted by molar-refractivity contribution is 6.06. The van der Waals surface area contributed by atoms with E-state index < -0.39 is 0 Å². The summed E-state index contributed by atoms with van der Waals surface area (Å²) in [6, 6.07) is 17.8. The van der Waals surface area contributed by atoms with Crippen LogP contribution in [-0.4, -0.2) is 44.2 Å². The maximum atomic E-state index is 12.8. The molecule has 1 N–H and O–H groups in total. The van der Waals surface area contributed by atoms with Crippen molar-refractivity contribution >= 4 is 29.1 Å². The molecule has 3 amide bonds. The van der Waals surface area contributed by atoms with Crippen LogP contribution < -0.4 is 24.6 Å². The largest absolute Gasteiger partial charge is 0.497 e. The Balaban J connectivity index is 1.45. The number of rotatable bonds is 6. The third-order valence-electron chi connectivity index (χ3n) is 4.97. The monoisotopic (exact) mass is 418 g/mol. The van der Waals surface area contributed by atoms with Gasteiger partial charge in [0.05, 0.1) is 26.1 Å². The number of carbonyl (C=O) groups excluding carboxylic acids is 2. The molecule has 0 bridgehead atoms. The number of anilines is 3. The lowest BCUT2D eigenvalue weighted by molar-refractivity contribution is 0.102. The SMILES string of the molecule is COc1cc(OC)cc(C(=O)Nc2ccc(N3CCN(c4ccccc4)C3=O)nc2)c1. The molecule has 3 aromatic rings. The molecule has 1 aromatic heterocycles. The Bertz CT molecular complexity index is 1060. The van der Waals surface area contributed by atoms with E-state index in [1.165, 1.54) is 20.4 Å². The van der Waals surface area contributed by atoms with Gasteiger partial charge in [-0.05, 0) is 36.4 Å². The Morgan fingerprint density at radius 3 is 2.23 bits per heavy atom. The lowest BCUT2D eigenvalue weighted by Gasteiger charge is -2.18. The molecule has 8 heteroatoms. The average molecular weight is 418 g/mol. The van der Waals surface area contributed by atoms with Crippen molar-refractivity contribution in [1.82, 2.24) is 4.98 Å². The van der Waals surface area contributed by atoms with Crippen LogP contribution in [0.2, 0.25) is 0 Å². The minimum atomic E-state index is -0.320. The molecule has 1 fully saturated rings. The quantitative estimate of drug-likeness (QED) is 0.658. The van der Waals surface area contributed by atoms with Crippen LogP contribution in [0, 0.1) is 0 Å². The van der Waals surface area contributed by atoms with Crippen molar-refractivity contribution in [3.63, 3.8) is 0 Å². The van der Waals surface area contributed by atoms with Crippen LogP contribution in [0.5, 0.6) is 11.5 Å². The maximum Gasteiger partial charge on any atom is 0.330 e. The minimum Gasteiger partial charge on any atom is -0.497 e. The molecule has 1 aliphatic heterocycles. The van der Waals surface area contributed by atoms with Crippen molar-refractivity contribution in [3.8, 4) is 11.5 Å². The smallest absolute Gasteiger partial charge is 0.330 e. The summed E-state index contributed by atoms with van der Waals surface area (Å²) in [5, 5.41) is 2.80. The van der Waals surface area contributed by atoms with Crippen molar-refractivity contribution in [1.29, 1.82) is 0 Å². The highest BCUT2D eigenvalue weighted by Gasteiger charge is 2.31. The van der Waals surface area contributed by atoms with Gasteiger partial charge in [-0.25, -0.2) is 9.78 Å². The van der Waals surface area contributed by atoms with Crippen LogP contribution in [0.1, 0.15) is 10.4 Å². The molecular formula is C23H22N4O4. The van der Waals surface area contributed by atoms with Gasteiger partial charge in [-0.1, -0.05) is 18.2 Å². The summed E-state index contributed by atoms with van der Waals surface area (Å²) in [6.07, 6.45) is 1.53. The number of hydrogen-bond acceptors (Lipinski definition) is 5. The lowest BCUT2D eigenvalue weighted by Crippen LogP contribution is -2.32. The molecule has 8 nitrogen and oxygen atoms in total. The molecule has 2 heterocycles. The number of benzene rings is 2. The Morgan fingerprint density at radius 1 is 0.935 bits per heavy atom. The molecule has 31 heavy (non-hydrogen) atoms. The second-order valence-electron chi connectivity index (χ2n) is 6.88. The predicted octanol–water partition coefficient (Wildman–Crippen LogP) is 3.80. The summed E-state index contributed by atoms with van der Waals surface area (Å²) in [5.41, 5.74) is 1.77. The zero-order valence-corrected chi connectivity index (χ0v) is 17.2. The number of hydrogen-bond donors (Lipinski definition) is 1. The first-order valence-corrected chi connectivity index (χ1v) is 9.73. The Hall–Kier alpha value is -4.07. The van der Waals surface area contributed by atoms with Crippen molar-refractivity contribution in [2.24, 2.45) is 0 Å². The van der Waals surface area contributed by atoms with Gasteiger partial charge in [0.15, 0.2) is 0 Å². The molecule has 2 aromatic carbocycles. The number of amides is 3. The van der Waals surface area contributed by atoms with Crippen molar-refractivity contribution in [2.45, 2.75) is 0 Å². The topological polar surface area (TPSA) is 84.0 Å². The molecule has 0 radical (unpaired) electrons. The number of methoxy groups -OCH3 is 2. The van der Waals surface area contributed by atoms with E-state index >= 15 is 0 Å². The number of urea groups is 1. The molecule has 1 saturated heterocycles. The summed E-state index contributed by atoms with van der Waals surface area (Å²) in [6.45, 7) is 1.12. The summed E-state index contributed by atoms with van der Waals surface area (Å²) < 4.78 is 10.4. The molecule has 1 aliphatic rings. The highest BCUT2D eigenvalue weighted by Crippen LogP contribution is 2.25. The van der Waals surface area contributed by atoms with Crippen molar-refractivity contribution in [2.75, 3.05) is 42.4 Å². The minimum absolute atomic E-state index is 0.126. The number of nitrogens with one attached hydrogen (secondary N) is 1. The fraction of sp³-hybridized carbons (Fsp3) is 0.174. The molecule has 0 spiro atoms. The average Bonchev–Trinajstić information content (AvgIpc) is 3.21. The normalized spacial score (nSPS) is 13.3. The lowest BCUT2D eigenvalue weighted by atomic mass is 10.2. The molecule has 0 aliphatic carbocycles. The van der Waals surface area contributed by atoms with Gasteiger partial charge in [0, 0.05) is 30.4 Å². The highest BCUT2D eigenvalue weighted by atomic mass is 16.5. The summed E-state index contributed by atoms with van der Waals surface area (Å²) >= 11 is 0. The van der Waals surface area contributed by atoms with Gasteiger partial charge in [-0.2, -0.15) is 0 Å². The van der Waals surface area contributed by atoms with E-state index in [9.17, 15) is 9.59 Å². The van der Waals surface area contributed by atoms with Crippen molar-refractivity contribution < 1.29 is 19.1 Å². The second kappa shape index (κ2) is 8.74. The number of nitrogens with zero attached hydrogens (tertiary/aromatic N) is 3. The third-order valence-corrected chi connectivity index (χ3v) is 4.97. The van der Waals surface area contributed by atoms with Crippen LogP contribution in [0.25, 0.3) is 0 Å². The Morgan fingerprint density at radius 2 is 1.61 bits per heavy atom. The van der Waals surface area contributed by atoms with Gasteiger partial charge in [0.1, 0.15) is 17.3 Å². The van der Waals surface area contributed by atoms with Gasteiger partial charge in [-0.15, -0.1) is 0 Å². The number of pyridine rings is 1. The van der Waals surface area contributed by atoms with Crippen LogP contribution in [0.15, 0.2) is 66.9 Å². The van der Waals surface area contributed by atoms with E-state index in [-0.39, 0.29) is 11.9 Å². The number of ether oxygens (including phenoxy) is 2. The first kappa shape index (κ1) is 20.2. The summed E-state index contributed by atoms with van der Waals surface area (Å²) in [7, 11) is 3.05. The number of aromatic nitrogens is 1. The Kier molecular flexibility index (Phi) is 5.70. The zero-order chi connectivity index (χ0) is 21.8. The van der Waals surface area contributed by atoms with Gasteiger partial charge in [0.25, 0.3) is 5.91 Å². The molecule has 4 rings (SSSR count).